The monoisotopic (exact) mass is 644 g/mol. The molecule has 13 nitrogen and oxygen atoms in total. The number of hydrogen-bond donors (Lipinski definition) is 4. The van der Waals surface area contributed by atoms with Crippen molar-refractivity contribution in [1.82, 2.24) is 16.1 Å². The van der Waals surface area contributed by atoms with Gasteiger partial charge in [-0.1, -0.05) is 38.1 Å². The Morgan fingerprint density at radius 1 is 1.02 bits per heavy atom. The zero-order chi connectivity index (χ0) is 34.7. The van der Waals surface area contributed by atoms with Gasteiger partial charge in [-0.15, -0.1) is 12.3 Å². The normalized spacial score (nSPS) is 12.3. The number of terminal acetylenes is 1. The van der Waals surface area contributed by atoms with Crippen LogP contribution in [-0.4, -0.2) is 60.4 Å². The highest BCUT2D eigenvalue weighted by atomic mass is 16.7. The number of Topliss-reactive ketones (excluding diaryl/α,β-unsaturated/α-hetero) is 2. The zero-order valence-corrected chi connectivity index (χ0v) is 27.4. The van der Waals surface area contributed by atoms with E-state index in [1.807, 2.05) is 19.3 Å². The molecular weight excluding hydrogens is 596 g/mol. The van der Waals surface area contributed by atoms with Gasteiger partial charge in [-0.3, -0.25) is 24.0 Å². The molecule has 1 rings (SSSR count). The fraction of sp³-hybridized carbons (Fsp3) is 0.576. The molecule has 0 aliphatic carbocycles. The summed E-state index contributed by atoms with van der Waals surface area (Å²) in [5, 5.41) is 5.28. The predicted octanol–water partition coefficient (Wildman–Crippen LogP) is 3.27. The lowest BCUT2D eigenvalue weighted by Crippen LogP contribution is -2.45. The standard InChI is InChI=1S/C33H48N4O9/c1-7-8-11-29(40)44-20-24-14-12-23(13-15-24)18-28(39)27(10-9-16-35-31(34)42)36-30(41)25(17-22(2)3)19-26(38)21-45-37-32(43)46-33(4,5)6/h1,12-15,22,25,27H,8-11,16-21H2,2-6H3,(H,36,41)(H,37,43)(H3,34,35,42)/t25-,27+/m1/s1. The third-order valence-corrected chi connectivity index (χ3v) is 6.34. The van der Waals surface area contributed by atoms with Crippen molar-refractivity contribution in [3.8, 4) is 12.3 Å². The molecule has 13 heteroatoms. The Balaban J connectivity index is 2.89. The maximum absolute atomic E-state index is 13.4. The minimum absolute atomic E-state index is 0.00832. The number of rotatable bonds is 20. The number of carbonyl (C=O) groups is 6. The first-order valence-electron chi connectivity index (χ1n) is 15.2. The smallest absolute Gasteiger partial charge is 0.431 e. The van der Waals surface area contributed by atoms with E-state index in [1.165, 1.54) is 0 Å². The predicted molar refractivity (Wildman–Crippen MR) is 170 cm³/mol. The summed E-state index contributed by atoms with van der Waals surface area (Å²) in [7, 11) is 0. The zero-order valence-electron chi connectivity index (χ0n) is 27.4. The summed E-state index contributed by atoms with van der Waals surface area (Å²) in [6.45, 7) is 8.67. The van der Waals surface area contributed by atoms with Crippen molar-refractivity contribution in [3.05, 3.63) is 35.4 Å². The second-order valence-corrected chi connectivity index (χ2v) is 12.3. The first-order chi connectivity index (χ1) is 21.6. The largest absolute Gasteiger partial charge is 0.461 e. The van der Waals surface area contributed by atoms with Crippen molar-refractivity contribution in [2.75, 3.05) is 13.2 Å². The lowest BCUT2D eigenvalue weighted by molar-refractivity contribution is -0.144. The van der Waals surface area contributed by atoms with Gasteiger partial charge in [0.15, 0.2) is 11.6 Å². The van der Waals surface area contributed by atoms with Crippen molar-refractivity contribution in [3.63, 3.8) is 0 Å². The van der Waals surface area contributed by atoms with Gasteiger partial charge in [-0.2, -0.15) is 5.48 Å². The van der Waals surface area contributed by atoms with Gasteiger partial charge < -0.3 is 25.8 Å². The fourth-order valence-electron chi connectivity index (χ4n) is 4.27. The van der Waals surface area contributed by atoms with Crippen LogP contribution < -0.4 is 21.8 Å². The summed E-state index contributed by atoms with van der Waals surface area (Å²) >= 11 is 0. The van der Waals surface area contributed by atoms with Gasteiger partial charge in [0.1, 0.15) is 18.8 Å². The Morgan fingerprint density at radius 3 is 2.26 bits per heavy atom. The molecule has 0 saturated heterocycles. The summed E-state index contributed by atoms with van der Waals surface area (Å²) in [6, 6.07) is 5.36. The molecule has 46 heavy (non-hydrogen) atoms. The maximum atomic E-state index is 13.4. The van der Waals surface area contributed by atoms with Gasteiger partial charge >= 0.3 is 18.1 Å². The van der Waals surface area contributed by atoms with Crippen LogP contribution >= 0.6 is 0 Å². The molecule has 0 spiro atoms. The number of nitrogens with one attached hydrogen (secondary N) is 3. The second-order valence-electron chi connectivity index (χ2n) is 12.3. The first kappa shape index (κ1) is 39.6. The van der Waals surface area contributed by atoms with Crippen molar-refractivity contribution in [1.29, 1.82) is 0 Å². The third kappa shape index (κ3) is 18.4. The van der Waals surface area contributed by atoms with Gasteiger partial charge in [-0.25, -0.2) is 9.59 Å². The molecule has 0 unspecified atom stereocenters. The van der Waals surface area contributed by atoms with Crippen LogP contribution in [-0.2, 0) is 46.5 Å². The van der Waals surface area contributed by atoms with Crippen LogP contribution in [0.5, 0.6) is 0 Å². The van der Waals surface area contributed by atoms with Crippen LogP contribution in [0.3, 0.4) is 0 Å². The molecule has 254 valence electrons. The number of carbonyl (C=O) groups excluding carboxylic acids is 6. The molecule has 0 bridgehead atoms. The third-order valence-electron chi connectivity index (χ3n) is 6.34. The van der Waals surface area contributed by atoms with Crippen molar-refractivity contribution < 1.29 is 43.1 Å². The molecule has 1 aromatic carbocycles. The Morgan fingerprint density at radius 2 is 1.67 bits per heavy atom. The van der Waals surface area contributed by atoms with E-state index < -0.39 is 54.0 Å². The number of benzene rings is 1. The van der Waals surface area contributed by atoms with Crippen LogP contribution in [0.1, 0.15) is 84.3 Å². The molecule has 0 heterocycles. The lowest BCUT2D eigenvalue weighted by atomic mass is 9.90. The molecular formula is C33H48N4O9. The number of nitrogens with two attached hydrogens (primary N) is 1. The number of primary amides is 1. The molecule has 5 N–H and O–H groups in total. The highest BCUT2D eigenvalue weighted by Gasteiger charge is 2.28. The minimum atomic E-state index is -0.895. The SMILES string of the molecule is C#CCCC(=O)OCc1ccc(CC(=O)[C@H](CCCNC(N)=O)NC(=O)[C@@H](CC(=O)CONC(=O)OC(C)(C)C)CC(C)C)cc1. The number of ketones is 2. The molecule has 0 fully saturated rings. The van der Waals surface area contributed by atoms with Gasteiger partial charge in [0.05, 0.1) is 12.5 Å². The summed E-state index contributed by atoms with van der Waals surface area (Å²) in [4.78, 5) is 79.0. The van der Waals surface area contributed by atoms with Crippen molar-refractivity contribution in [2.24, 2.45) is 17.6 Å². The molecule has 0 aromatic heterocycles. The lowest BCUT2D eigenvalue weighted by Gasteiger charge is -2.23. The molecule has 4 amide bonds. The van der Waals surface area contributed by atoms with E-state index >= 15 is 0 Å². The van der Waals surface area contributed by atoms with E-state index in [-0.39, 0.29) is 50.5 Å². The summed E-state index contributed by atoms with van der Waals surface area (Å²) in [5.74, 6) is 0.142. The average Bonchev–Trinajstić information content (AvgIpc) is 2.95. The highest BCUT2D eigenvalue weighted by molar-refractivity contribution is 5.93. The molecule has 0 aliphatic rings. The molecule has 0 radical (unpaired) electrons. The maximum Gasteiger partial charge on any atom is 0.431 e. The van der Waals surface area contributed by atoms with E-state index in [0.29, 0.717) is 24.8 Å². The Labute approximate surface area is 271 Å². The number of esters is 1. The van der Waals surface area contributed by atoms with E-state index in [1.54, 1.807) is 45.0 Å². The van der Waals surface area contributed by atoms with Crippen molar-refractivity contribution in [2.45, 2.75) is 97.8 Å². The van der Waals surface area contributed by atoms with Crippen LogP contribution in [0.4, 0.5) is 9.59 Å². The first-order valence-corrected chi connectivity index (χ1v) is 15.2. The van der Waals surface area contributed by atoms with Crippen LogP contribution in [0.25, 0.3) is 0 Å². The van der Waals surface area contributed by atoms with Gasteiger partial charge in [0.2, 0.25) is 5.91 Å². The molecule has 0 aliphatic heterocycles. The second kappa shape index (κ2) is 20.6. The summed E-state index contributed by atoms with van der Waals surface area (Å²) in [6.07, 6.45) is 5.54. The van der Waals surface area contributed by atoms with Crippen LogP contribution in [0.15, 0.2) is 24.3 Å². The summed E-state index contributed by atoms with van der Waals surface area (Å²) in [5.41, 5.74) is 7.86. The van der Waals surface area contributed by atoms with E-state index in [4.69, 9.17) is 26.5 Å². The van der Waals surface area contributed by atoms with E-state index in [2.05, 4.69) is 16.6 Å². The topological polar surface area (TPSA) is 192 Å². The average molecular weight is 645 g/mol. The highest BCUT2D eigenvalue weighted by Crippen LogP contribution is 2.18. The molecule has 1 aromatic rings. The Bertz CT molecular complexity index is 1220. The van der Waals surface area contributed by atoms with Crippen molar-refractivity contribution >= 4 is 35.6 Å². The van der Waals surface area contributed by atoms with Gasteiger partial charge in [-0.05, 0) is 57.1 Å². The number of ether oxygens (including phenoxy) is 2. The van der Waals surface area contributed by atoms with E-state index in [0.717, 1.165) is 5.56 Å². The van der Waals surface area contributed by atoms with Gasteiger partial charge in [0.25, 0.3) is 0 Å². The van der Waals surface area contributed by atoms with E-state index in [9.17, 15) is 28.8 Å². The van der Waals surface area contributed by atoms with Crippen LogP contribution in [0.2, 0.25) is 0 Å². The van der Waals surface area contributed by atoms with Gasteiger partial charge in [0, 0.05) is 31.7 Å². The number of urea groups is 1. The van der Waals surface area contributed by atoms with Crippen LogP contribution in [0, 0.1) is 24.2 Å². The number of hydroxylamine groups is 1. The Kier molecular flexibility index (Phi) is 17.7. The number of hydrogen-bond acceptors (Lipinski definition) is 9. The number of amides is 4. The molecule has 0 saturated carbocycles. The minimum Gasteiger partial charge on any atom is -0.461 e. The quantitative estimate of drug-likeness (QED) is 0.0714. The summed E-state index contributed by atoms with van der Waals surface area (Å²) < 4.78 is 10.2. The Hall–Kier alpha value is -4.44. The fourth-order valence-corrected chi connectivity index (χ4v) is 4.27. The molecule has 2 atom stereocenters.